The van der Waals surface area contributed by atoms with E-state index >= 15 is 0 Å². The fourth-order valence-electron chi connectivity index (χ4n) is 16.5. The second kappa shape index (κ2) is 27.1. The molecule has 3 aromatic carbocycles. The maximum atomic E-state index is 12.9. The number of ether oxygens (including phenoxy) is 1. The van der Waals surface area contributed by atoms with E-state index in [4.69, 9.17) is 4.74 Å². The van der Waals surface area contributed by atoms with Crippen LogP contribution in [0.2, 0.25) is 0 Å². The van der Waals surface area contributed by atoms with Crippen LogP contribution in [0.5, 0.6) is 5.75 Å². The SMILES string of the molecule is COc1cc(Nc2ccc(-c3ccnc4c3ccn4C)c3c2C(=O)NC3)ncc1N1CCC(O)CC1.Cn1ccc2c(-c3ccc(Nc4ccc(N5CC6(CC(O)C6)C5)cn4)c4c3CNC4=O)ccnc21.O=C1NCc2c(-c3cnc4n3CCCC4)ccc(Nc3ccc(N4CCC(O)CC4)cn3)c21. The van der Waals surface area contributed by atoms with E-state index in [0.29, 0.717) is 70.6 Å². The number of imidazole rings is 1. The van der Waals surface area contributed by atoms with Gasteiger partial charge in [0.1, 0.15) is 40.3 Å². The molecule has 0 atom stereocenters. The molecule has 9 N–H and O–H groups in total. The Morgan fingerprint density at radius 2 is 0.981 bits per heavy atom. The second-order valence-corrected chi connectivity index (χ2v) is 28.6. The Labute approximate surface area is 600 Å². The second-order valence-electron chi connectivity index (χ2n) is 28.6. The third-order valence-corrected chi connectivity index (χ3v) is 22.0. The number of hydrogen-bond donors (Lipinski definition) is 9. The summed E-state index contributed by atoms with van der Waals surface area (Å²) in [6.07, 6.45) is 22.7. The molecule has 0 radical (unpaired) electrons. The van der Waals surface area contributed by atoms with Gasteiger partial charge in [-0.1, -0.05) is 18.2 Å². The number of aliphatic hydroxyl groups is 3. The quantitative estimate of drug-likeness (QED) is 0.0518. The molecule has 1 spiro atoms. The van der Waals surface area contributed by atoms with Crippen molar-refractivity contribution in [3.05, 3.63) is 180 Å². The first-order valence-corrected chi connectivity index (χ1v) is 35.9. The summed E-state index contributed by atoms with van der Waals surface area (Å²) in [5.74, 6) is 3.59. The van der Waals surface area contributed by atoms with Gasteiger partial charge in [0.2, 0.25) is 0 Å². The van der Waals surface area contributed by atoms with Gasteiger partial charge in [0.15, 0.2) is 0 Å². The number of aryl methyl sites for hydroxylation is 3. The summed E-state index contributed by atoms with van der Waals surface area (Å²) < 4.78 is 12.0. The monoisotopic (exact) mass is 1390 g/mol. The number of carbonyl (C=O) groups excluding carboxylic acids is 3. The van der Waals surface area contributed by atoms with Crippen LogP contribution in [-0.2, 0) is 46.7 Å². The van der Waals surface area contributed by atoms with Gasteiger partial charge in [0, 0.05) is 139 Å². The lowest BCUT2D eigenvalue weighted by Crippen LogP contribution is -2.63. The van der Waals surface area contributed by atoms with Crippen molar-refractivity contribution in [2.75, 3.05) is 77.0 Å². The molecule has 15 heterocycles. The number of carbonyl (C=O) groups is 3. The predicted octanol–water partition coefficient (Wildman–Crippen LogP) is 10.4. The number of aliphatic hydroxyl groups excluding tert-OH is 3. The van der Waals surface area contributed by atoms with E-state index in [1.807, 2.05) is 121 Å². The van der Waals surface area contributed by atoms with Gasteiger partial charge in [0.05, 0.1) is 107 Å². The molecule has 3 saturated heterocycles. The van der Waals surface area contributed by atoms with Gasteiger partial charge >= 0.3 is 0 Å². The zero-order chi connectivity index (χ0) is 70.9. The highest BCUT2D eigenvalue weighted by Gasteiger charge is 2.52. The molecule has 25 heteroatoms. The Kier molecular flexibility index (Phi) is 17.2. The molecule has 0 unspecified atom stereocenters. The number of rotatable bonds is 13. The van der Waals surface area contributed by atoms with Crippen LogP contribution in [-0.4, -0.2) is 141 Å². The fraction of sp³-hybridized carbons (Fsp3) is 0.329. The van der Waals surface area contributed by atoms with Gasteiger partial charge < -0.3 is 80.4 Å². The Morgan fingerprint density at radius 3 is 1.49 bits per heavy atom. The Morgan fingerprint density at radius 1 is 0.490 bits per heavy atom. The zero-order valence-electron chi connectivity index (χ0n) is 58.3. The van der Waals surface area contributed by atoms with Crippen LogP contribution in [0.15, 0.2) is 141 Å². The molecule has 11 aromatic rings. The summed E-state index contributed by atoms with van der Waals surface area (Å²) in [4.78, 5) is 72.7. The number of methoxy groups -OCH3 is 1. The number of nitrogens with zero attached hydrogens (tertiary/aromatic N) is 12. The lowest BCUT2D eigenvalue weighted by atomic mass is 9.62. The van der Waals surface area contributed by atoms with Crippen LogP contribution in [0.1, 0.15) is 105 Å². The average molecular weight is 1400 g/mol. The Hall–Kier alpha value is -11.4. The van der Waals surface area contributed by atoms with Crippen LogP contribution in [0.4, 0.5) is 51.6 Å². The summed E-state index contributed by atoms with van der Waals surface area (Å²) in [6.45, 7) is 7.61. The van der Waals surface area contributed by atoms with Gasteiger partial charge in [-0.3, -0.25) is 14.4 Å². The number of pyridine rings is 5. The molecule has 4 fully saturated rings. The lowest BCUT2D eigenvalue weighted by Gasteiger charge is -2.58. The highest BCUT2D eigenvalue weighted by atomic mass is 16.5. The van der Waals surface area contributed by atoms with Crippen LogP contribution in [0, 0.1) is 5.41 Å². The maximum absolute atomic E-state index is 12.9. The number of amides is 3. The number of fused-ring (bicyclic) bond motifs is 6. The minimum Gasteiger partial charge on any atom is -0.494 e. The lowest BCUT2D eigenvalue weighted by molar-refractivity contribution is -0.0491. The summed E-state index contributed by atoms with van der Waals surface area (Å²) >= 11 is 0. The fourth-order valence-corrected chi connectivity index (χ4v) is 16.5. The molecular weight excluding hydrogens is 1310 g/mol. The molecule has 1 saturated carbocycles. The number of anilines is 9. The van der Waals surface area contributed by atoms with Crippen molar-refractivity contribution < 1.29 is 34.4 Å². The van der Waals surface area contributed by atoms with E-state index < -0.39 is 0 Å². The van der Waals surface area contributed by atoms with Crippen LogP contribution in [0.25, 0.3) is 55.6 Å². The minimum atomic E-state index is -0.248. The highest BCUT2D eigenvalue weighted by Crippen LogP contribution is 2.50. The number of benzene rings is 3. The zero-order valence-corrected chi connectivity index (χ0v) is 58.3. The van der Waals surface area contributed by atoms with Gasteiger partial charge in [-0.2, -0.15) is 0 Å². The van der Waals surface area contributed by atoms with E-state index in [0.717, 1.165) is 204 Å². The van der Waals surface area contributed by atoms with Crippen molar-refractivity contribution in [2.24, 2.45) is 19.5 Å². The Bertz CT molecular complexity index is 5150. The molecule has 3 amide bonds. The van der Waals surface area contributed by atoms with Crippen molar-refractivity contribution in [1.29, 1.82) is 0 Å². The van der Waals surface area contributed by atoms with E-state index in [2.05, 4.69) is 111 Å². The largest absolute Gasteiger partial charge is 0.494 e. The van der Waals surface area contributed by atoms with Crippen molar-refractivity contribution in [3.63, 3.8) is 0 Å². The van der Waals surface area contributed by atoms with E-state index in [1.165, 1.54) is 6.42 Å². The molecule has 104 heavy (non-hydrogen) atoms. The molecule has 0 bridgehead atoms. The van der Waals surface area contributed by atoms with Crippen LogP contribution in [0.3, 0.4) is 0 Å². The first kappa shape index (κ1) is 65.9. The van der Waals surface area contributed by atoms with Gasteiger partial charge in [-0.05, 0) is 157 Å². The Balaban J connectivity index is 0.000000115. The van der Waals surface area contributed by atoms with Crippen molar-refractivity contribution in [2.45, 2.75) is 102 Å². The van der Waals surface area contributed by atoms with E-state index in [9.17, 15) is 29.7 Å². The molecule has 19 rings (SSSR count). The van der Waals surface area contributed by atoms with Crippen molar-refractivity contribution >= 4 is 91.4 Å². The van der Waals surface area contributed by atoms with Gasteiger partial charge in [-0.25, -0.2) is 29.9 Å². The van der Waals surface area contributed by atoms with Gasteiger partial charge in [-0.15, -0.1) is 0 Å². The number of nitrogens with one attached hydrogen (secondary N) is 6. The van der Waals surface area contributed by atoms with E-state index in [-0.39, 0.29) is 36.0 Å². The van der Waals surface area contributed by atoms with Crippen molar-refractivity contribution in [1.82, 2.24) is 59.6 Å². The normalized spacial score (nSPS) is 17.4. The van der Waals surface area contributed by atoms with Crippen molar-refractivity contribution in [3.8, 4) is 39.3 Å². The first-order chi connectivity index (χ1) is 50.7. The van der Waals surface area contributed by atoms with E-state index in [1.54, 1.807) is 19.5 Å². The number of aromatic nitrogens is 9. The maximum Gasteiger partial charge on any atom is 0.254 e. The summed E-state index contributed by atoms with van der Waals surface area (Å²) in [7, 11) is 5.60. The number of hydrogen-bond acceptors (Lipinski definition) is 19. The highest BCUT2D eigenvalue weighted by molar-refractivity contribution is 6.09. The van der Waals surface area contributed by atoms with Crippen LogP contribution >= 0.6 is 0 Å². The predicted molar refractivity (Wildman–Crippen MR) is 400 cm³/mol. The molecular formula is C79H82N18O7. The topological polar surface area (TPSA) is 295 Å². The summed E-state index contributed by atoms with van der Waals surface area (Å²) in [6, 6.07) is 30.1. The standard InChI is InChI=1S/C27H28N6O3.C27H26N6O2.C25H28N6O2/c1-32-10-8-19-18(5-9-28-26(19)32)17-3-4-21(25-20(17)14-30-27(25)35)31-24-13-23(36-2)22(15-29-24)33-11-6-16(34)7-12-33;1-32-9-7-20-19(6-8-28-25(20)32)18-3-4-22(24-21(18)13-30-26(24)35)31-23-5-2-16(12-29-23)33-14-27(15-33)10-17(34)11-27;32-17-8-11-30(12-9-17)16-4-7-22(26-13-16)29-20-6-5-18(19-14-28-25(33)24(19)20)21-15-27-23-3-1-2-10-31(21)23/h3-5,8-10,13,15-16,34H,6-7,11-12,14H2,1-2H3,(H,29,31)(H,30,35);2-9,12,17,34H,10-11,13-15H2,1H3,(H,29,31)(H,30,35);4-7,13,15,17,32H,1-3,8-12,14H2,(H,26,29)(H,28,33). The third-order valence-electron chi connectivity index (χ3n) is 22.0. The molecule has 25 nitrogen and oxygen atoms in total. The number of piperidine rings is 2. The summed E-state index contributed by atoms with van der Waals surface area (Å²) in [5.41, 5.74) is 18.7. The smallest absolute Gasteiger partial charge is 0.254 e. The third kappa shape index (κ3) is 12.3. The summed E-state index contributed by atoms with van der Waals surface area (Å²) in [5, 5.41) is 50.3. The first-order valence-electron chi connectivity index (χ1n) is 35.9. The average Bonchev–Trinajstić information content (AvgIpc) is 0.785. The molecule has 8 aromatic heterocycles. The molecule has 530 valence electrons. The van der Waals surface area contributed by atoms with Crippen LogP contribution < -0.4 is 51.3 Å². The molecule has 8 aliphatic rings. The van der Waals surface area contributed by atoms with Gasteiger partial charge in [0.25, 0.3) is 17.7 Å². The molecule has 7 aliphatic heterocycles. The minimum absolute atomic E-state index is 0.0590. The molecule has 1 aliphatic carbocycles.